The van der Waals surface area contributed by atoms with Gasteiger partial charge in [0.1, 0.15) is 0 Å². The topological polar surface area (TPSA) is 46.5 Å². The van der Waals surface area contributed by atoms with Gasteiger partial charge in [0.2, 0.25) is 7.57 Å². The summed E-state index contributed by atoms with van der Waals surface area (Å²) >= 11 is 0. The summed E-state index contributed by atoms with van der Waals surface area (Å²) in [6, 6.07) is 0. The third-order valence-corrected chi connectivity index (χ3v) is 2.33. The van der Waals surface area contributed by atoms with Gasteiger partial charge in [0.15, 0.2) is 0 Å². The summed E-state index contributed by atoms with van der Waals surface area (Å²) in [4.78, 5) is 8.57. The fourth-order valence-electron chi connectivity index (χ4n) is 1.08. The van der Waals surface area contributed by atoms with Gasteiger partial charge in [0, 0.05) is 0 Å². The van der Waals surface area contributed by atoms with Crippen molar-refractivity contribution in [2.75, 3.05) is 6.61 Å². The first-order valence-electron chi connectivity index (χ1n) is 4.82. The van der Waals surface area contributed by atoms with Crippen molar-refractivity contribution in [1.29, 1.82) is 0 Å². The first-order valence-corrected chi connectivity index (χ1v) is 6.47. The minimum absolute atomic E-state index is 0.288. The summed E-state index contributed by atoms with van der Waals surface area (Å²) in [5.41, 5.74) is 0. The van der Waals surface area contributed by atoms with Crippen LogP contribution in [0.25, 0.3) is 0 Å². The monoisotopic (exact) mass is 204 g/mol. The molecular weight excluding hydrogens is 186 g/mol. The van der Waals surface area contributed by atoms with E-state index in [1.54, 1.807) is 0 Å². The fraction of sp³-hybridized carbons (Fsp3) is 1.00. The molecule has 1 atom stereocenters. The van der Waals surface area contributed by atoms with Crippen LogP contribution < -0.4 is 0 Å². The van der Waals surface area contributed by atoms with Crippen molar-refractivity contribution >= 4 is 15.0 Å². The number of unbranched alkanes of at least 4 members (excludes halogenated alkanes) is 5. The highest BCUT2D eigenvalue weighted by Crippen LogP contribution is 2.35. The van der Waals surface area contributed by atoms with E-state index >= 15 is 0 Å². The molecule has 3 nitrogen and oxygen atoms in total. The van der Waals surface area contributed by atoms with E-state index in [4.69, 9.17) is 12.5 Å². The molecule has 5 heteroatoms. The van der Waals surface area contributed by atoms with E-state index in [-0.39, 0.29) is 6.61 Å². The van der Waals surface area contributed by atoms with E-state index in [1.807, 2.05) is 0 Å². The highest BCUT2D eigenvalue weighted by molar-refractivity contribution is 7.78. The maximum Gasteiger partial charge on any atom is 0.261 e. The Kier molecular flexibility index (Phi) is 7.73. The Morgan fingerprint density at radius 2 is 1.77 bits per heavy atom. The van der Waals surface area contributed by atoms with Crippen LogP contribution in [0.1, 0.15) is 45.4 Å². The molecule has 0 fully saturated rings. The lowest BCUT2D eigenvalue weighted by Crippen LogP contribution is -1.92. The van der Waals surface area contributed by atoms with Crippen LogP contribution in [0.3, 0.4) is 0 Å². The van der Waals surface area contributed by atoms with Gasteiger partial charge in [-0.1, -0.05) is 39.0 Å². The average molecular weight is 204 g/mol. The molecule has 0 bridgehead atoms. The van der Waals surface area contributed by atoms with Crippen LogP contribution in [0.4, 0.5) is 0 Å². The van der Waals surface area contributed by atoms with Crippen LogP contribution in [0.2, 0.25) is 0 Å². The Balaban J connectivity index is 3.04. The molecule has 0 aromatic carbocycles. The van der Waals surface area contributed by atoms with E-state index in [0.29, 0.717) is 0 Å². The van der Waals surface area contributed by atoms with E-state index in [1.165, 1.54) is 19.3 Å². The zero-order valence-electron chi connectivity index (χ0n) is 8.24. The molecule has 0 aromatic rings. The molecule has 0 saturated heterocycles. The Morgan fingerprint density at radius 3 is 2.31 bits per heavy atom. The van der Waals surface area contributed by atoms with Gasteiger partial charge >= 0.3 is 0 Å². The summed E-state index contributed by atoms with van der Waals surface area (Å²) in [7, 11) is 1.06. The van der Waals surface area contributed by atoms with Crippen LogP contribution in [0.15, 0.2) is 0 Å². The van der Waals surface area contributed by atoms with Crippen molar-refractivity contribution in [3.05, 3.63) is 0 Å². The largest absolute Gasteiger partial charge is 0.333 e. The Bertz CT molecular complexity index is 157. The molecule has 1 N–H and O–H groups in total. The molecule has 13 heavy (non-hydrogen) atoms. The number of hydrogen-bond donors (Lipinski definition) is 1. The fourth-order valence-corrected chi connectivity index (χ4v) is 1.47. The lowest BCUT2D eigenvalue weighted by molar-refractivity contribution is 0.266. The maximum absolute atomic E-state index is 10.5. The van der Waals surface area contributed by atoms with Crippen molar-refractivity contribution in [1.82, 2.24) is 0 Å². The highest BCUT2D eigenvalue weighted by atomic mass is 31.2. The standard InChI is InChI=1S/C8H18BO3P/c1-2-3-4-5-6-7-8-12-13(9,10)11/h2-8H2,1H3,(H,10,11). The predicted octanol–water partition coefficient (Wildman–Crippen LogP) is 2.63. The van der Waals surface area contributed by atoms with E-state index in [2.05, 4.69) is 11.4 Å². The summed E-state index contributed by atoms with van der Waals surface area (Å²) in [5.74, 6) is 0. The molecule has 0 aliphatic rings. The molecule has 0 rings (SSSR count). The molecule has 0 aliphatic carbocycles. The summed E-state index contributed by atoms with van der Waals surface area (Å²) in [6.45, 7) is 2.45. The minimum Gasteiger partial charge on any atom is -0.333 e. The van der Waals surface area contributed by atoms with Crippen LogP contribution in [-0.4, -0.2) is 19.1 Å². The zero-order chi connectivity index (χ0) is 10.2. The van der Waals surface area contributed by atoms with Crippen LogP contribution in [-0.2, 0) is 9.09 Å². The van der Waals surface area contributed by atoms with Gasteiger partial charge in [-0.3, -0.25) is 4.57 Å². The molecule has 0 heterocycles. The van der Waals surface area contributed by atoms with Crippen molar-refractivity contribution in [3.8, 4) is 0 Å². The molecule has 0 saturated carbocycles. The first kappa shape index (κ1) is 13.2. The molecule has 1 unspecified atom stereocenters. The molecule has 0 aromatic heterocycles. The van der Waals surface area contributed by atoms with E-state index in [0.717, 1.165) is 19.3 Å². The highest BCUT2D eigenvalue weighted by Gasteiger charge is 2.07. The summed E-state index contributed by atoms with van der Waals surface area (Å²) in [6.07, 6.45) is 6.74. The van der Waals surface area contributed by atoms with Gasteiger partial charge in [-0.2, -0.15) is 0 Å². The smallest absolute Gasteiger partial charge is 0.261 e. The van der Waals surface area contributed by atoms with Gasteiger partial charge in [-0.05, 0) is 6.42 Å². The Morgan fingerprint density at radius 1 is 1.23 bits per heavy atom. The van der Waals surface area contributed by atoms with Gasteiger partial charge in [0.25, 0.3) is 7.47 Å². The normalized spacial score (nSPS) is 15.5. The van der Waals surface area contributed by atoms with Gasteiger partial charge < -0.3 is 9.42 Å². The lowest BCUT2D eigenvalue weighted by atomic mass is 10.1. The molecule has 0 spiro atoms. The van der Waals surface area contributed by atoms with Crippen molar-refractivity contribution < 1.29 is 14.0 Å². The van der Waals surface area contributed by atoms with Crippen LogP contribution in [0, 0.1) is 0 Å². The summed E-state index contributed by atoms with van der Waals surface area (Å²) in [5, 5.41) is 0. The molecule has 76 valence electrons. The third-order valence-electron chi connectivity index (χ3n) is 1.77. The van der Waals surface area contributed by atoms with E-state index in [9.17, 15) is 4.57 Å². The second-order valence-electron chi connectivity index (χ2n) is 3.17. The molecular formula is C8H18BO3P. The third kappa shape index (κ3) is 12.2. The van der Waals surface area contributed by atoms with Crippen LogP contribution >= 0.6 is 7.47 Å². The SMILES string of the molecule is [B]P(=O)(O)OCCCCCCCC. The van der Waals surface area contributed by atoms with Gasteiger partial charge in [-0.25, -0.2) is 0 Å². The second kappa shape index (κ2) is 7.60. The summed E-state index contributed by atoms with van der Waals surface area (Å²) < 4.78 is 15.0. The molecule has 2 radical (unpaired) electrons. The maximum atomic E-state index is 10.5. The lowest BCUT2D eigenvalue weighted by Gasteiger charge is -2.06. The number of rotatable bonds is 8. The minimum atomic E-state index is -3.73. The van der Waals surface area contributed by atoms with Crippen LogP contribution in [0.5, 0.6) is 0 Å². The van der Waals surface area contributed by atoms with Gasteiger partial charge in [-0.15, -0.1) is 0 Å². The van der Waals surface area contributed by atoms with Gasteiger partial charge in [0.05, 0.1) is 6.61 Å². The molecule has 0 amide bonds. The molecule has 0 aliphatic heterocycles. The van der Waals surface area contributed by atoms with Crippen molar-refractivity contribution in [2.45, 2.75) is 45.4 Å². The zero-order valence-corrected chi connectivity index (χ0v) is 9.13. The first-order chi connectivity index (χ1) is 6.06. The number of hydrogen-bond acceptors (Lipinski definition) is 2. The quantitative estimate of drug-likeness (QED) is 0.375. The average Bonchev–Trinajstić information content (AvgIpc) is 2.01. The second-order valence-corrected chi connectivity index (χ2v) is 4.55. The Labute approximate surface area is 81.8 Å². The van der Waals surface area contributed by atoms with Crippen molar-refractivity contribution in [2.24, 2.45) is 0 Å². The van der Waals surface area contributed by atoms with Crippen molar-refractivity contribution in [3.63, 3.8) is 0 Å². The van der Waals surface area contributed by atoms with E-state index < -0.39 is 7.47 Å². The predicted molar refractivity (Wildman–Crippen MR) is 54.9 cm³/mol. The Hall–Kier alpha value is 0.215.